The van der Waals surface area contributed by atoms with E-state index in [2.05, 4.69) is 56.9 Å². The predicted molar refractivity (Wildman–Crippen MR) is 144 cm³/mol. The molecule has 0 fully saturated rings. The highest BCUT2D eigenvalue weighted by Gasteiger charge is 2.32. The molecule has 2 aromatic carbocycles. The molecule has 1 amide bonds. The Kier molecular flexibility index (Phi) is 6.98. The van der Waals surface area contributed by atoms with Crippen molar-refractivity contribution in [1.82, 2.24) is 30.1 Å². The number of nitrogens with one attached hydrogen (secondary N) is 1. The minimum atomic E-state index is -0.297. The number of rotatable bonds is 2. The molecule has 2 aliphatic rings. The molecule has 6 rings (SSSR count). The second-order valence-electron chi connectivity index (χ2n) is 10.2. The number of para-hydroxylation sites is 1. The summed E-state index contributed by atoms with van der Waals surface area (Å²) < 4.78 is 13.5. The predicted octanol–water partition coefficient (Wildman–Crippen LogP) is 4.27. The van der Waals surface area contributed by atoms with Crippen LogP contribution in [0.1, 0.15) is 60.7 Å². The average Bonchev–Trinajstić information content (AvgIpc) is 3.48. The molecule has 4 aromatic rings. The van der Waals surface area contributed by atoms with Gasteiger partial charge in [-0.15, -0.1) is 5.10 Å². The normalized spacial score (nSPS) is 18.6. The number of H-pyrrole nitrogens is 1. The first-order chi connectivity index (χ1) is 18.7. The number of tetrazole rings is 1. The molecule has 38 heavy (non-hydrogen) atoms. The number of carbonyl (C=O) groups is 1. The maximum Gasteiger partial charge on any atom is 0.233 e. The Balaban J connectivity index is 1.34. The zero-order valence-electron chi connectivity index (χ0n) is 21.9. The topological polar surface area (TPSA) is 98.2 Å². The Morgan fingerprint density at radius 2 is 1.97 bits per heavy atom. The minimum absolute atomic E-state index is 0.129. The van der Waals surface area contributed by atoms with Crippen LogP contribution in [0.2, 0.25) is 0 Å². The Morgan fingerprint density at radius 3 is 2.89 bits per heavy atom. The average molecular weight is 515 g/mol. The molecule has 9 heteroatoms. The molecule has 0 saturated carbocycles. The Bertz CT molecular complexity index is 1430. The Hall–Kier alpha value is -3.88. The zero-order valence-corrected chi connectivity index (χ0v) is 21.9. The summed E-state index contributed by atoms with van der Waals surface area (Å²) in [6, 6.07) is 14.6. The second kappa shape index (κ2) is 10.8. The highest BCUT2D eigenvalue weighted by atomic mass is 16.5. The van der Waals surface area contributed by atoms with E-state index in [-0.39, 0.29) is 11.8 Å². The number of aromatic nitrogens is 5. The number of nitrogens with zero attached hydrogens (tertiary/aromatic N) is 5. The molecule has 0 aliphatic carbocycles. The van der Waals surface area contributed by atoms with Crippen molar-refractivity contribution in [3.05, 3.63) is 65.1 Å². The largest absolute Gasteiger partial charge is 0.493 e. The number of aromatic amines is 1. The van der Waals surface area contributed by atoms with Gasteiger partial charge in [0.15, 0.2) is 17.3 Å². The van der Waals surface area contributed by atoms with Crippen LogP contribution in [0.5, 0.6) is 11.5 Å². The van der Waals surface area contributed by atoms with Gasteiger partial charge in [0.1, 0.15) is 0 Å². The number of fused-ring (bicyclic) bond motifs is 6. The van der Waals surface area contributed by atoms with Crippen LogP contribution in [0.25, 0.3) is 10.9 Å². The lowest BCUT2D eigenvalue weighted by Gasteiger charge is -2.27. The third-order valence-corrected chi connectivity index (χ3v) is 7.82. The van der Waals surface area contributed by atoms with E-state index in [0.29, 0.717) is 25.5 Å². The van der Waals surface area contributed by atoms with Crippen molar-refractivity contribution in [1.29, 1.82) is 0 Å². The lowest BCUT2D eigenvalue weighted by molar-refractivity contribution is -0.133. The highest BCUT2D eigenvalue weighted by molar-refractivity contribution is 5.85. The summed E-state index contributed by atoms with van der Waals surface area (Å²) in [5.41, 5.74) is 4.71. The van der Waals surface area contributed by atoms with Crippen LogP contribution in [0.15, 0.2) is 42.5 Å². The quantitative estimate of drug-likeness (QED) is 0.429. The van der Waals surface area contributed by atoms with Crippen LogP contribution < -0.4 is 9.47 Å². The van der Waals surface area contributed by atoms with E-state index in [0.717, 1.165) is 74.1 Å². The van der Waals surface area contributed by atoms with E-state index >= 15 is 0 Å². The van der Waals surface area contributed by atoms with Gasteiger partial charge in [-0.25, -0.2) is 4.68 Å². The summed E-state index contributed by atoms with van der Waals surface area (Å²) in [5.74, 6) is 2.03. The number of carbonyl (C=O) groups excluding carboxylic acids is 1. The summed E-state index contributed by atoms with van der Waals surface area (Å²) in [7, 11) is 1.67. The van der Waals surface area contributed by atoms with Crippen LogP contribution in [0.3, 0.4) is 0 Å². The first-order valence-corrected chi connectivity index (χ1v) is 13.6. The summed E-state index contributed by atoms with van der Waals surface area (Å²) in [4.78, 5) is 19.7. The van der Waals surface area contributed by atoms with Crippen molar-refractivity contribution >= 4 is 16.8 Å². The van der Waals surface area contributed by atoms with Crippen molar-refractivity contribution < 1.29 is 14.3 Å². The van der Waals surface area contributed by atoms with Gasteiger partial charge in [-0.05, 0) is 71.9 Å². The molecule has 2 aliphatic heterocycles. The van der Waals surface area contributed by atoms with Crippen molar-refractivity contribution in [2.45, 2.75) is 57.4 Å². The van der Waals surface area contributed by atoms with Crippen molar-refractivity contribution in [2.75, 3.05) is 26.8 Å². The Morgan fingerprint density at radius 1 is 1.08 bits per heavy atom. The molecule has 2 bridgehead atoms. The van der Waals surface area contributed by atoms with Gasteiger partial charge >= 0.3 is 0 Å². The molecular formula is C29H34N6O3. The van der Waals surface area contributed by atoms with Crippen molar-refractivity contribution in [3.63, 3.8) is 0 Å². The molecule has 0 spiro atoms. The van der Waals surface area contributed by atoms with Crippen LogP contribution in [0.4, 0.5) is 0 Å². The first kappa shape index (κ1) is 24.5. The molecule has 1 atom stereocenters. The molecule has 1 unspecified atom stereocenters. The summed E-state index contributed by atoms with van der Waals surface area (Å²) in [6.45, 7) is 2.67. The number of amides is 1. The van der Waals surface area contributed by atoms with Gasteiger partial charge in [0.25, 0.3) is 0 Å². The van der Waals surface area contributed by atoms with E-state index in [1.807, 2.05) is 15.6 Å². The van der Waals surface area contributed by atoms with Gasteiger partial charge in [0.2, 0.25) is 5.91 Å². The molecule has 198 valence electrons. The number of aryl methyl sites for hydroxylation is 1. The van der Waals surface area contributed by atoms with Gasteiger partial charge in [-0.2, -0.15) is 0 Å². The van der Waals surface area contributed by atoms with E-state index in [1.165, 1.54) is 16.6 Å². The third kappa shape index (κ3) is 4.85. The monoisotopic (exact) mass is 514 g/mol. The molecule has 4 heterocycles. The third-order valence-electron chi connectivity index (χ3n) is 7.82. The van der Waals surface area contributed by atoms with E-state index in [1.54, 1.807) is 7.11 Å². The van der Waals surface area contributed by atoms with Gasteiger partial charge in [0, 0.05) is 42.7 Å². The fourth-order valence-electron chi connectivity index (χ4n) is 5.82. The number of hydrogen-bond acceptors (Lipinski definition) is 6. The standard InChI is InChI=1S/C29H34N6O3/c1-37-26-12-11-20-18-25-22(21-8-2-3-10-24(21)30-25)13-16-34(14-6-7-17-38-27(26)19-20)29(36)23-9-4-5-15-35-28(23)31-32-33-35/h2-3,8,10-12,19,23,30H,4-7,9,13-18H2,1H3. The van der Waals surface area contributed by atoms with Crippen LogP contribution in [-0.4, -0.2) is 62.8 Å². The zero-order chi connectivity index (χ0) is 25.9. The van der Waals surface area contributed by atoms with Gasteiger partial charge < -0.3 is 19.4 Å². The Labute approximate surface area is 222 Å². The van der Waals surface area contributed by atoms with Crippen molar-refractivity contribution in [2.24, 2.45) is 0 Å². The van der Waals surface area contributed by atoms with E-state index in [4.69, 9.17) is 9.47 Å². The molecule has 9 nitrogen and oxygen atoms in total. The fraction of sp³-hybridized carbons (Fsp3) is 0.448. The SMILES string of the molecule is COc1ccc2cc1OCCCCN(C(=O)C1CCCCn3nnnc31)CCc1c([nH]c3ccccc13)C2. The minimum Gasteiger partial charge on any atom is -0.493 e. The molecule has 0 radical (unpaired) electrons. The maximum atomic E-state index is 14.0. The van der Waals surface area contributed by atoms with Crippen LogP contribution in [-0.2, 0) is 24.2 Å². The summed E-state index contributed by atoms with van der Waals surface area (Å²) in [5, 5.41) is 13.5. The van der Waals surface area contributed by atoms with Crippen LogP contribution >= 0.6 is 0 Å². The molecular weight excluding hydrogens is 480 g/mol. The van der Waals surface area contributed by atoms with Gasteiger partial charge in [-0.1, -0.05) is 30.7 Å². The lowest BCUT2D eigenvalue weighted by Crippen LogP contribution is -2.38. The first-order valence-electron chi connectivity index (χ1n) is 13.6. The highest BCUT2D eigenvalue weighted by Crippen LogP contribution is 2.32. The maximum absolute atomic E-state index is 14.0. The van der Waals surface area contributed by atoms with Crippen molar-refractivity contribution in [3.8, 4) is 11.5 Å². The molecule has 0 saturated heterocycles. The number of hydrogen-bond donors (Lipinski definition) is 1. The molecule has 2 aromatic heterocycles. The summed E-state index contributed by atoms with van der Waals surface area (Å²) in [6.07, 6.45) is 5.98. The summed E-state index contributed by atoms with van der Waals surface area (Å²) >= 11 is 0. The van der Waals surface area contributed by atoms with Gasteiger partial charge in [-0.3, -0.25) is 4.79 Å². The van der Waals surface area contributed by atoms with E-state index < -0.39 is 0 Å². The van der Waals surface area contributed by atoms with Gasteiger partial charge in [0.05, 0.1) is 19.6 Å². The lowest BCUT2D eigenvalue weighted by atomic mass is 9.99. The fourth-order valence-corrected chi connectivity index (χ4v) is 5.82. The van der Waals surface area contributed by atoms with Crippen LogP contribution in [0, 0.1) is 0 Å². The smallest absolute Gasteiger partial charge is 0.233 e. The molecule has 1 N–H and O–H groups in total. The number of methoxy groups -OCH3 is 1. The number of benzene rings is 2. The number of ether oxygens (including phenoxy) is 2. The second-order valence-corrected chi connectivity index (χ2v) is 10.2. The van der Waals surface area contributed by atoms with E-state index in [9.17, 15) is 4.79 Å².